The van der Waals surface area contributed by atoms with Crippen LogP contribution in [0.3, 0.4) is 0 Å². The fourth-order valence-electron chi connectivity index (χ4n) is 5.43. The maximum absolute atomic E-state index is 12.7. The summed E-state index contributed by atoms with van der Waals surface area (Å²) in [6.07, 6.45) is 7.87. The summed E-state index contributed by atoms with van der Waals surface area (Å²) in [6, 6.07) is 0. The van der Waals surface area contributed by atoms with Crippen LogP contribution in [0.4, 0.5) is 0 Å². The molecule has 0 radical (unpaired) electrons. The number of aliphatic imine (C=N–C) groups is 1. The maximum atomic E-state index is 12.7. The first kappa shape index (κ1) is 22.5. The number of imide groups is 1. The van der Waals surface area contributed by atoms with Gasteiger partial charge in [-0.2, -0.15) is 0 Å². The molecule has 8 heteroatoms. The van der Waals surface area contributed by atoms with E-state index in [2.05, 4.69) is 39.6 Å². The van der Waals surface area contributed by atoms with Gasteiger partial charge in [0.2, 0.25) is 11.8 Å². The minimum atomic E-state index is -0.105. The normalized spacial score (nSPS) is 31.9. The SMILES string of the molecule is CN=C(NCCN1C(=O)C2C3C=CC(C3)C2C1=O)NCC(C)CN1CCCC1.I. The number of allylic oxidation sites excluding steroid dienone is 2. The molecular weight excluding hydrogens is 481 g/mol. The zero-order chi connectivity index (χ0) is 19.7. The van der Waals surface area contributed by atoms with Crippen LogP contribution in [0.5, 0.6) is 0 Å². The molecule has 0 aromatic rings. The van der Waals surface area contributed by atoms with Crippen LogP contribution >= 0.6 is 24.0 Å². The third kappa shape index (κ3) is 4.62. The van der Waals surface area contributed by atoms with Gasteiger partial charge in [0.15, 0.2) is 5.96 Å². The van der Waals surface area contributed by atoms with Crippen molar-refractivity contribution >= 4 is 41.8 Å². The average molecular weight is 515 g/mol. The van der Waals surface area contributed by atoms with Gasteiger partial charge in [0.1, 0.15) is 0 Å². The number of carbonyl (C=O) groups excluding carboxylic acids is 2. The predicted octanol–water partition coefficient (Wildman–Crippen LogP) is 1.31. The number of nitrogens with one attached hydrogen (secondary N) is 2. The first-order valence-corrected chi connectivity index (χ1v) is 10.8. The summed E-state index contributed by atoms with van der Waals surface area (Å²) in [4.78, 5) is 33.7. The van der Waals surface area contributed by atoms with E-state index in [4.69, 9.17) is 0 Å². The molecule has 162 valence electrons. The van der Waals surface area contributed by atoms with Crippen molar-refractivity contribution < 1.29 is 9.59 Å². The van der Waals surface area contributed by atoms with Crippen molar-refractivity contribution in [2.24, 2.45) is 34.6 Å². The molecule has 7 nitrogen and oxygen atoms in total. The molecule has 29 heavy (non-hydrogen) atoms. The summed E-state index contributed by atoms with van der Waals surface area (Å²) in [7, 11) is 1.75. The second-order valence-corrected chi connectivity index (χ2v) is 8.82. The Labute approximate surface area is 190 Å². The zero-order valence-electron chi connectivity index (χ0n) is 17.5. The number of hydrogen-bond donors (Lipinski definition) is 2. The van der Waals surface area contributed by atoms with E-state index >= 15 is 0 Å². The number of halogens is 1. The molecule has 3 fully saturated rings. The lowest BCUT2D eigenvalue weighted by Gasteiger charge is -2.22. The van der Waals surface area contributed by atoms with Gasteiger partial charge in [-0.3, -0.25) is 19.5 Å². The summed E-state index contributed by atoms with van der Waals surface area (Å²) in [6.45, 7) is 7.59. The van der Waals surface area contributed by atoms with Crippen LogP contribution in [-0.4, -0.2) is 73.9 Å². The van der Waals surface area contributed by atoms with E-state index in [0.717, 1.165) is 25.5 Å². The van der Waals surface area contributed by atoms with Crippen molar-refractivity contribution in [3.8, 4) is 0 Å². The molecule has 2 aliphatic heterocycles. The van der Waals surface area contributed by atoms with E-state index in [-0.39, 0.29) is 59.5 Å². The van der Waals surface area contributed by atoms with Gasteiger partial charge in [-0.05, 0) is 50.1 Å². The monoisotopic (exact) mass is 515 g/mol. The summed E-state index contributed by atoms with van der Waals surface area (Å²) >= 11 is 0. The van der Waals surface area contributed by atoms with Gasteiger partial charge in [0, 0.05) is 33.2 Å². The molecule has 0 aromatic heterocycles. The van der Waals surface area contributed by atoms with E-state index < -0.39 is 0 Å². The lowest BCUT2D eigenvalue weighted by atomic mass is 9.85. The molecule has 5 atom stereocenters. The van der Waals surface area contributed by atoms with Gasteiger partial charge in [0.25, 0.3) is 0 Å². The predicted molar refractivity (Wildman–Crippen MR) is 124 cm³/mol. The molecular formula is C21H34IN5O2. The Morgan fingerprint density at radius 1 is 1.14 bits per heavy atom. The standard InChI is InChI=1S/C21H33N5O2.HI/c1-14(13-25-8-3-4-9-25)12-24-21(22-2)23-7-10-26-19(27)17-15-5-6-16(11-15)18(17)20(26)28;/h5-6,14-18H,3-4,7-13H2,1-2H3,(H2,22,23,24);1H. The third-order valence-electron chi connectivity index (χ3n) is 6.80. The third-order valence-corrected chi connectivity index (χ3v) is 6.80. The number of guanidine groups is 1. The lowest BCUT2D eigenvalue weighted by Crippen LogP contribution is -2.45. The summed E-state index contributed by atoms with van der Waals surface area (Å²) in [5, 5.41) is 6.62. The summed E-state index contributed by atoms with van der Waals surface area (Å²) in [5.74, 6) is 1.66. The highest BCUT2D eigenvalue weighted by Gasteiger charge is 2.58. The van der Waals surface area contributed by atoms with E-state index in [0.29, 0.717) is 19.0 Å². The van der Waals surface area contributed by atoms with Crippen LogP contribution in [0.15, 0.2) is 17.1 Å². The second-order valence-electron chi connectivity index (χ2n) is 8.82. The number of amides is 2. The molecule has 2 N–H and O–H groups in total. The molecule has 2 heterocycles. The van der Waals surface area contributed by atoms with Crippen LogP contribution in [0, 0.1) is 29.6 Å². The summed E-state index contributed by atoms with van der Waals surface area (Å²) < 4.78 is 0. The highest BCUT2D eigenvalue weighted by atomic mass is 127. The molecule has 4 rings (SSSR count). The Morgan fingerprint density at radius 2 is 1.76 bits per heavy atom. The van der Waals surface area contributed by atoms with Crippen molar-refractivity contribution in [2.75, 3.05) is 46.3 Å². The molecule has 2 aliphatic carbocycles. The maximum Gasteiger partial charge on any atom is 0.233 e. The Kier molecular flexibility index (Phi) is 7.58. The molecule has 2 bridgehead atoms. The van der Waals surface area contributed by atoms with Crippen LogP contribution in [-0.2, 0) is 9.59 Å². The van der Waals surface area contributed by atoms with Crippen molar-refractivity contribution in [2.45, 2.75) is 26.2 Å². The molecule has 1 saturated carbocycles. The number of nitrogens with zero attached hydrogens (tertiary/aromatic N) is 3. The Hall–Kier alpha value is -1.16. The first-order chi connectivity index (χ1) is 13.6. The minimum absolute atomic E-state index is 0. The van der Waals surface area contributed by atoms with Crippen LogP contribution in [0.25, 0.3) is 0 Å². The lowest BCUT2D eigenvalue weighted by molar-refractivity contribution is -0.140. The molecule has 2 amide bonds. The van der Waals surface area contributed by atoms with Crippen molar-refractivity contribution in [1.82, 2.24) is 20.4 Å². The van der Waals surface area contributed by atoms with Gasteiger partial charge in [0.05, 0.1) is 11.8 Å². The second kappa shape index (κ2) is 9.76. The van der Waals surface area contributed by atoms with Crippen LogP contribution in [0.1, 0.15) is 26.2 Å². The number of hydrogen-bond acceptors (Lipinski definition) is 4. The zero-order valence-corrected chi connectivity index (χ0v) is 19.8. The molecule has 5 unspecified atom stereocenters. The molecule has 0 spiro atoms. The number of rotatable bonds is 7. The van der Waals surface area contributed by atoms with Gasteiger partial charge in [-0.15, -0.1) is 24.0 Å². The van der Waals surface area contributed by atoms with Gasteiger partial charge < -0.3 is 15.5 Å². The first-order valence-electron chi connectivity index (χ1n) is 10.8. The number of carbonyl (C=O) groups is 2. The van der Waals surface area contributed by atoms with Crippen LogP contribution in [0.2, 0.25) is 0 Å². The highest BCUT2D eigenvalue weighted by molar-refractivity contribution is 14.0. The molecule has 0 aromatic carbocycles. The molecule has 2 saturated heterocycles. The molecule has 4 aliphatic rings. The number of fused-ring (bicyclic) bond motifs is 5. The van der Waals surface area contributed by atoms with E-state index in [9.17, 15) is 9.59 Å². The largest absolute Gasteiger partial charge is 0.356 e. The smallest absolute Gasteiger partial charge is 0.233 e. The fourth-order valence-corrected chi connectivity index (χ4v) is 5.43. The van der Waals surface area contributed by atoms with E-state index in [1.807, 2.05) is 0 Å². The Morgan fingerprint density at radius 3 is 2.34 bits per heavy atom. The highest BCUT2D eigenvalue weighted by Crippen LogP contribution is 2.52. The fraction of sp³-hybridized carbons (Fsp3) is 0.762. The van der Waals surface area contributed by atoms with Crippen molar-refractivity contribution in [3.63, 3.8) is 0 Å². The van der Waals surface area contributed by atoms with Gasteiger partial charge in [-0.25, -0.2) is 0 Å². The topological polar surface area (TPSA) is 77.0 Å². The van der Waals surface area contributed by atoms with Crippen molar-refractivity contribution in [1.29, 1.82) is 0 Å². The average Bonchev–Trinajstić information content (AvgIpc) is 3.46. The van der Waals surface area contributed by atoms with E-state index in [1.54, 1.807) is 7.05 Å². The quantitative estimate of drug-likeness (QED) is 0.176. The minimum Gasteiger partial charge on any atom is -0.356 e. The van der Waals surface area contributed by atoms with E-state index in [1.165, 1.54) is 30.8 Å². The number of likely N-dealkylation sites (tertiary alicyclic amines) is 2. The Balaban J connectivity index is 0.00000240. The Bertz CT molecular complexity index is 646. The van der Waals surface area contributed by atoms with Gasteiger partial charge in [-0.1, -0.05) is 19.1 Å². The van der Waals surface area contributed by atoms with Crippen molar-refractivity contribution in [3.05, 3.63) is 12.2 Å². The summed E-state index contributed by atoms with van der Waals surface area (Å²) in [5.41, 5.74) is 0. The van der Waals surface area contributed by atoms with Crippen LogP contribution < -0.4 is 10.6 Å². The van der Waals surface area contributed by atoms with Gasteiger partial charge >= 0.3 is 0 Å².